The lowest BCUT2D eigenvalue weighted by Crippen LogP contribution is -2.34. The fraction of sp³-hybridized carbons (Fsp3) is 0.500. The highest BCUT2D eigenvalue weighted by Gasteiger charge is 2.14. The minimum absolute atomic E-state index is 0.0217. The Balaban J connectivity index is 2.49. The van der Waals surface area contributed by atoms with Gasteiger partial charge in [-0.3, -0.25) is 4.79 Å². The highest BCUT2D eigenvalue weighted by molar-refractivity contribution is 7.10. The van der Waals surface area contributed by atoms with E-state index < -0.39 is 0 Å². The molecule has 1 aromatic rings. The molecule has 0 aliphatic carbocycles. The molecule has 2 atom stereocenters. The van der Waals surface area contributed by atoms with E-state index in [0.29, 0.717) is 6.54 Å². The Labute approximate surface area is 88.3 Å². The van der Waals surface area contributed by atoms with Crippen LogP contribution in [0.15, 0.2) is 17.5 Å². The van der Waals surface area contributed by atoms with E-state index in [1.165, 1.54) is 4.88 Å². The number of rotatable bonds is 4. The largest absolute Gasteiger partial charge is 0.348 e. The summed E-state index contributed by atoms with van der Waals surface area (Å²) in [6.45, 7) is 4.20. The number of carbonyl (C=O) groups is 1. The molecule has 0 bridgehead atoms. The van der Waals surface area contributed by atoms with Gasteiger partial charge in [-0.25, -0.2) is 0 Å². The first-order chi connectivity index (χ1) is 6.65. The average molecular weight is 212 g/mol. The van der Waals surface area contributed by atoms with Crippen molar-refractivity contribution in [2.24, 2.45) is 11.7 Å². The van der Waals surface area contributed by atoms with Gasteiger partial charge < -0.3 is 11.1 Å². The van der Waals surface area contributed by atoms with Crippen molar-refractivity contribution in [1.29, 1.82) is 0 Å². The first kappa shape index (κ1) is 11.2. The quantitative estimate of drug-likeness (QED) is 0.795. The van der Waals surface area contributed by atoms with Gasteiger partial charge in [0.25, 0.3) is 0 Å². The number of hydrogen-bond acceptors (Lipinski definition) is 3. The van der Waals surface area contributed by atoms with Crippen molar-refractivity contribution in [1.82, 2.24) is 5.32 Å². The zero-order valence-electron chi connectivity index (χ0n) is 8.49. The van der Waals surface area contributed by atoms with Crippen LogP contribution in [0.3, 0.4) is 0 Å². The lowest BCUT2D eigenvalue weighted by Gasteiger charge is -2.15. The summed E-state index contributed by atoms with van der Waals surface area (Å²) in [7, 11) is 0. The summed E-state index contributed by atoms with van der Waals surface area (Å²) in [4.78, 5) is 12.7. The molecule has 2 unspecified atom stereocenters. The Bertz CT molecular complexity index is 284. The number of thiophene rings is 1. The van der Waals surface area contributed by atoms with E-state index in [-0.39, 0.29) is 17.9 Å². The van der Waals surface area contributed by atoms with Crippen LogP contribution in [0.5, 0.6) is 0 Å². The molecular formula is C10H16N2OS. The van der Waals surface area contributed by atoms with Crippen LogP contribution in [-0.4, -0.2) is 12.5 Å². The first-order valence-electron chi connectivity index (χ1n) is 4.69. The molecule has 1 aromatic heterocycles. The Hall–Kier alpha value is -0.870. The summed E-state index contributed by atoms with van der Waals surface area (Å²) in [5.41, 5.74) is 5.41. The SMILES string of the molecule is CC(CN)C(=O)NC(C)c1cccs1. The average Bonchev–Trinajstić information content (AvgIpc) is 2.69. The van der Waals surface area contributed by atoms with Crippen molar-refractivity contribution < 1.29 is 4.79 Å². The minimum atomic E-state index is -0.114. The van der Waals surface area contributed by atoms with E-state index in [2.05, 4.69) is 5.32 Å². The lowest BCUT2D eigenvalue weighted by molar-refractivity contribution is -0.124. The van der Waals surface area contributed by atoms with Crippen LogP contribution in [0.1, 0.15) is 24.8 Å². The van der Waals surface area contributed by atoms with Crippen LogP contribution < -0.4 is 11.1 Å². The zero-order chi connectivity index (χ0) is 10.6. The van der Waals surface area contributed by atoms with Gasteiger partial charge in [0.2, 0.25) is 5.91 Å². The molecule has 1 amide bonds. The molecule has 3 N–H and O–H groups in total. The van der Waals surface area contributed by atoms with E-state index in [4.69, 9.17) is 5.73 Å². The summed E-state index contributed by atoms with van der Waals surface area (Å²) in [5, 5.41) is 4.93. The van der Waals surface area contributed by atoms with Crippen molar-refractivity contribution in [2.45, 2.75) is 19.9 Å². The maximum Gasteiger partial charge on any atom is 0.224 e. The van der Waals surface area contributed by atoms with Crippen LogP contribution in [0.2, 0.25) is 0 Å². The normalized spacial score (nSPS) is 14.8. The maximum absolute atomic E-state index is 11.5. The highest BCUT2D eigenvalue weighted by Crippen LogP contribution is 2.18. The fourth-order valence-electron chi connectivity index (χ4n) is 1.07. The van der Waals surface area contributed by atoms with E-state index in [0.717, 1.165) is 0 Å². The van der Waals surface area contributed by atoms with E-state index in [9.17, 15) is 4.79 Å². The minimum Gasteiger partial charge on any atom is -0.348 e. The third-order valence-corrected chi connectivity index (χ3v) is 3.18. The van der Waals surface area contributed by atoms with Gasteiger partial charge >= 0.3 is 0 Å². The zero-order valence-corrected chi connectivity index (χ0v) is 9.30. The van der Waals surface area contributed by atoms with Crippen LogP contribution >= 0.6 is 11.3 Å². The molecule has 1 heterocycles. The molecule has 0 fully saturated rings. The molecule has 0 saturated carbocycles. The van der Waals surface area contributed by atoms with E-state index in [1.807, 2.05) is 31.4 Å². The van der Waals surface area contributed by atoms with Gasteiger partial charge in [0.1, 0.15) is 0 Å². The van der Waals surface area contributed by atoms with Crippen molar-refractivity contribution in [2.75, 3.05) is 6.54 Å². The Morgan fingerprint density at radius 1 is 1.64 bits per heavy atom. The Morgan fingerprint density at radius 3 is 2.86 bits per heavy atom. The lowest BCUT2D eigenvalue weighted by atomic mass is 10.1. The fourth-order valence-corrected chi connectivity index (χ4v) is 1.81. The Kier molecular flexibility index (Phi) is 4.10. The molecule has 0 spiro atoms. The second kappa shape index (κ2) is 5.12. The standard InChI is InChI=1S/C10H16N2OS/c1-7(6-11)10(13)12-8(2)9-4-3-5-14-9/h3-5,7-8H,6,11H2,1-2H3,(H,12,13). The number of carbonyl (C=O) groups excluding carboxylic acids is 1. The van der Waals surface area contributed by atoms with Crippen LogP contribution in [-0.2, 0) is 4.79 Å². The monoisotopic (exact) mass is 212 g/mol. The number of nitrogens with one attached hydrogen (secondary N) is 1. The molecule has 78 valence electrons. The molecule has 1 rings (SSSR count). The van der Waals surface area contributed by atoms with E-state index in [1.54, 1.807) is 11.3 Å². The summed E-state index contributed by atoms with van der Waals surface area (Å²) in [5.74, 6) is -0.0918. The highest BCUT2D eigenvalue weighted by atomic mass is 32.1. The van der Waals surface area contributed by atoms with Crippen molar-refractivity contribution in [3.8, 4) is 0 Å². The first-order valence-corrected chi connectivity index (χ1v) is 5.57. The van der Waals surface area contributed by atoms with Crippen LogP contribution in [0, 0.1) is 5.92 Å². The van der Waals surface area contributed by atoms with Gasteiger partial charge in [0, 0.05) is 17.3 Å². The molecule has 0 aliphatic rings. The van der Waals surface area contributed by atoms with Gasteiger partial charge in [0.05, 0.1) is 6.04 Å². The molecule has 0 aromatic carbocycles. The molecular weight excluding hydrogens is 196 g/mol. The predicted molar refractivity (Wildman–Crippen MR) is 59.1 cm³/mol. The summed E-state index contributed by atoms with van der Waals surface area (Å²) in [6.07, 6.45) is 0. The molecule has 14 heavy (non-hydrogen) atoms. The molecule has 0 radical (unpaired) electrons. The summed E-state index contributed by atoms with van der Waals surface area (Å²) in [6, 6.07) is 4.08. The van der Waals surface area contributed by atoms with Crippen LogP contribution in [0.4, 0.5) is 0 Å². The van der Waals surface area contributed by atoms with Crippen molar-refractivity contribution >= 4 is 17.2 Å². The third-order valence-electron chi connectivity index (χ3n) is 2.13. The van der Waals surface area contributed by atoms with Gasteiger partial charge in [-0.2, -0.15) is 0 Å². The van der Waals surface area contributed by atoms with Crippen molar-refractivity contribution in [3.63, 3.8) is 0 Å². The number of hydrogen-bond donors (Lipinski definition) is 2. The molecule has 4 heteroatoms. The molecule has 3 nitrogen and oxygen atoms in total. The topological polar surface area (TPSA) is 55.1 Å². The molecule has 0 saturated heterocycles. The van der Waals surface area contributed by atoms with Gasteiger partial charge in [0.15, 0.2) is 0 Å². The summed E-state index contributed by atoms with van der Waals surface area (Å²) < 4.78 is 0. The van der Waals surface area contributed by atoms with Crippen molar-refractivity contribution in [3.05, 3.63) is 22.4 Å². The number of nitrogens with two attached hydrogens (primary N) is 1. The van der Waals surface area contributed by atoms with Gasteiger partial charge in [-0.1, -0.05) is 13.0 Å². The Morgan fingerprint density at radius 2 is 2.36 bits per heavy atom. The second-order valence-corrected chi connectivity index (χ2v) is 4.36. The maximum atomic E-state index is 11.5. The van der Waals surface area contributed by atoms with Gasteiger partial charge in [-0.05, 0) is 18.4 Å². The predicted octanol–water partition coefficient (Wildman–Crippen LogP) is 1.52. The van der Waals surface area contributed by atoms with E-state index >= 15 is 0 Å². The third kappa shape index (κ3) is 2.82. The number of amides is 1. The van der Waals surface area contributed by atoms with Gasteiger partial charge in [-0.15, -0.1) is 11.3 Å². The summed E-state index contributed by atoms with van der Waals surface area (Å²) >= 11 is 1.65. The van der Waals surface area contributed by atoms with Crippen LogP contribution in [0.25, 0.3) is 0 Å². The smallest absolute Gasteiger partial charge is 0.224 e. The second-order valence-electron chi connectivity index (χ2n) is 3.38. The molecule has 0 aliphatic heterocycles.